The zero-order valence-electron chi connectivity index (χ0n) is 20.6. The van der Waals surface area contributed by atoms with Crippen LogP contribution in [0, 0.1) is 5.82 Å². The number of aromatic nitrogens is 1. The summed E-state index contributed by atoms with van der Waals surface area (Å²) in [5.41, 5.74) is -0.636. The summed E-state index contributed by atoms with van der Waals surface area (Å²) in [5.74, 6) is -0.0951. The van der Waals surface area contributed by atoms with Crippen LogP contribution in [0.25, 0.3) is 11.1 Å². The minimum atomic E-state index is -4.59. The number of fused-ring (bicyclic) bond motifs is 1. The molecule has 0 saturated heterocycles. The average Bonchev–Trinajstić information content (AvgIpc) is 3.35. The highest BCUT2D eigenvalue weighted by Crippen LogP contribution is 2.45. The molecule has 0 saturated carbocycles. The first-order valence-corrected chi connectivity index (χ1v) is 14.1. The lowest BCUT2D eigenvalue weighted by molar-refractivity contribution is -0.137. The van der Waals surface area contributed by atoms with Crippen molar-refractivity contribution >= 4 is 26.5 Å². The molecule has 1 N–H and O–H groups in total. The lowest BCUT2D eigenvalue weighted by atomic mass is 9.91. The van der Waals surface area contributed by atoms with Gasteiger partial charge in [0.25, 0.3) is 10.0 Å². The van der Waals surface area contributed by atoms with Crippen molar-refractivity contribution in [1.29, 1.82) is 0 Å². The molecule has 0 aliphatic carbocycles. The highest BCUT2D eigenvalue weighted by atomic mass is 32.2. The average molecular weight is 579 g/mol. The topological polar surface area (TPSA) is 77.5 Å². The summed E-state index contributed by atoms with van der Waals surface area (Å²) >= 11 is 1.13. The van der Waals surface area contributed by atoms with Gasteiger partial charge in [-0.15, -0.1) is 11.3 Å². The Morgan fingerprint density at radius 3 is 2.49 bits per heavy atom. The van der Waals surface area contributed by atoms with E-state index in [1.165, 1.54) is 36.5 Å². The largest absolute Gasteiger partial charge is 0.487 e. The fourth-order valence-corrected chi connectivity index (χ4v) is 6.11. The number of alkyl halides is 3. The molecule has 1 aromatic heterocycles. The predicted octanol–water partition coefficient (Wildman–Crippen LogP) is 7.45. The van der Waals surface area contributed by atoms with Crippen LogP contribution in [-0.4, -0.2) is 19.0 Å². The fourth-order valence-electron chi connectivity index (χ4n) is 4.30. The monoisotopic (exact) mass is 578 g/mol. The van der Waals surface area contributed by atoms with Gasteiger partial charge in [0.2, 0.25) is 0 Å². The van der Waals surface area contributed by atoms with Gasteiger partial charge >= 0.3 is 6.18 Å². The van der Waals surface area contributed by atoms with Crippen LogP contribution >= 0.6 is 11.3 Å². The number of benzene rings is 3. The first kappa shape index (κ1) is 26.9. The molecule has 39 heavy (non-hydrogen) atoms. The van der Waals surface area contributed by atoms with E-state index in [2.05, 4.69) is 9.71 Å². The highest BCUT2D eigenvalue weighted by Gasteiger charge is 2.37. The van der Waals surface area contributed by atoms with Gasteiger partial charge in [0.1, 0.15) is 29.0 Å². The van der Waals surface area contributed by atoms with Crippen molar-refractivity contribution in [3.8, 4) is 22.6 Å². The Balaban J connectivity index is 1.53. The Morgan fingerprint density at radius 1 is 1.08 bits per heavy atom. The van der Waals surface area contributed by atoms with E-state index >= 15 is 0 Å². The van der Waals surface area contributed by atoms with Crippen LogP contribution in [0.2, 0.25) is 0 Å². The van der Waals surface area contributed by atoms with Crippen molar-refractivity contribution in [2.45, 2.75) is 43.0 Å². The number of nitrogens with zero attached hydrogens (tertiary/aromatic N) is 1. The van der Waals surface area contributed by atoms with E-state index in [0.717, 1.165) is 35.6 Å². The summed E-state index contributed by atoms with van der Waals surface area (Å²) in [5, 5.41) is 1.85. The number of halogens is 4. The lowest BCUT2D eigenvalue weighted by Crippen LogP contribution is -2.36. The molecule has 0 fully saturated rings. The van der Waals surface area contributed by atoms with E-state index in [4.69, 9.17) is 9.47 Å². The van der Waals surface area contributed by atoms with Crippen LogP contribution in [0.4, 0.5) is 22.7 Å². The molecule has 1 atom stereocenters. The van der Waals surface area contributed by atoms with E-state index in [1.54, 1.807) is 25.3 Å². The molecule has 3 aromatic carbocycles. The molecule has 0 bridgehead atoms. The maximum atomic E-state index is 13.5. The molecule has 1 aliphatic rings. The van der Waals surface area contributed by atoms with E-state index in [1.807, 2.05) is 0 Å². The first-order chi connectivity index (χ1) is 18.3. The van der Waals surface area contributed by atoms with Crippen LogP contribution < -0.4 is 14.2 Å². The molecule has 204 valence electrons. The molecular formula is C27H22F4N2O4S2. The summed E-state index contributed by atoms with van der Waals surface area (Å²) < 4.78 is 94.7. The molecular weight excluding hydrogens is 556 g/mol. The number of anilines is 1. The van der Waals surface area contributed by atoms with Crippen LogP contribution in [0.1, 0.15) is 37.5 Å². The SMILES string of the molecule is CC1(C)C[C@@H](Oc2ccc(C(F)(F)F)cc2-c2ccc(F)cc2)c2ccc(S(=O)(=O)Nc3nccs3)cc2O1. The first-order valence-electron chi connectivity index (χ1n) is 11.7. The van der Waals surface area contributed by atoms with E-state index in [-0.39, 0.29) is 27.1 Å². The minimum absolute atomic E-state index is 0.0468. The zero-order valence-corrected chi connectivity index (χ0v) is 22.3. The molecule has 0 unspecified atom stereocenters. The number of thiazole rings is 1. The molecule has 0 radical (unpaired) electrons. The van der Waals surface area contributed by atoms with Gasteiger partial charge in [-0.3, -0.25) is 4.72 Å². The normalized spacial score (nSPS) is 16.7. The Kier molecular flexibility index (Phi) is 6.79. The summed E-state index contributed by atoms with van der Waals surface area (Å²) in [7, 11) is -3.96. The Labute approximate surface area is 226 Å². The third-order valence-corrected chi connectivity index (χ3v) is 8.25. The Hall–Kier alpha value is -3.64. The number of sulfonamides is 1. The zero-order chi connectivity index (χ0) is 28.0. The fraction of sp³-hybridized carbons (Fsp3) is 0.222. The summed E-state index contributed by atoms with van der Waals surface area (Å²) in [4.78, 5) is 3.89. The van der Waals surface area contributed by atoms with Gasteiger partial charge in [-0.25, -0.2) is 17.8 Å². The van der Waals surface area contributed by atoms with Crippen LogP contribution in [-0.2, 0) is 16.2 Å². The van der Waals surface area contributed by atoms with Gasteiger partial charge in [-0.05, 0) is 55.8 Å². The van der Waals surface area contributed by atoms with Crippen LogP contribution in [0.15, 0.2) is 77.1 Å². The second-order valence-electron chi connectivity index (χ2n) is 9.53. The van der Waals surface area contributed by atoms with Gasteiger partial charge in [0.05, 0.1) is 10.5 Å². The maximum Gasteiger partial charge on any atom is 0.416 e. The molecule has 12 heteroatoms. The molecule has 0 spiro atoms. The van der Waals surface area contributed by atoms with Crippen molar-refractivity contribution in [3.63, 3.8) is 0 Å². The predicted molar refractivity (Wildman–Crippen MR) is 139 cm³/mol. The summed E-state index contributed by atoms with van der Waals surface area (Å²) in [6, 6.07) is 12.6. The maximum absolute atomic E-state index is 13.5. The molecule has 1 aliphatic heterocycles. The van der Waals surface area contributed by atoms with Crippen molar-refractivity contribution in [1.82, 2.24) is 4.98 Å². The second-order valence-corrected chi connectivity index (χ2v) is 12.1. The molecule has 6 nitrogen and oxygen atoms in total. The van der Waals surface area contributed by atoms with Crippen molar-refractivity contribution < 1.29 is 35.5 Å². The van der Waals surface area contributed by atoms with E-state index in [0.29, 0.717) is 17.5 Å². The molecule has 4 aromatic rings. The van der Waals surface area contributed by atoms with Gasteiger partial charge in [-0.1, -0.05) is 18.2 Å². The van der Waals surface area contributed by atoms with E-state index in [9.17, 15) is 26.0 Å². The number of nitrogens with one attached hydrogen (secondary N) is 1. The summed E-state index contributed by atoms with van der Waals surface area (Å²) in [6.07, 6.45) is -3.46. The Morgan fingerprint density at radius 2 is 1.82 bits per heavy atom. The smallest absolute Gasteiger partial charge is 0.416 e. The molecule has 5 rings (SSSR count). The molecule has 2 heterocycles. The quantitative estimate of drug-likeness (QED) is 0.241. The summed E-state index contributed by atoms with van der Waals surface area (Å²) in [6.45, 7) is 3.60. The number of rotatable bonds is 6. The standard InChI is InChI=1S/C27H22F4N2O4S2/c1-26(2)15-24(20-9-8-19(14-23(20)37-26)39(34,35)33-25-32-11-12-38-25)36-22-10-5-17(27(29,30)31)13-21(22)16-3-6-18(28)7-4-16/h3-14,24H,15H2,1-2H3,(H,32,33)/t24-/m1/s1. The molecule has 0 amide bonds. The Bertz CT molecular complexity index is 1600. The van der Waals surface area contributed by atoms with Gasteiger partial charge < -0.3 is 9.47 Å². The third kappa shape index (κ3) is 5.86. The van der Waals surface area contributed by atoms with Gasteiger partial charge in [0.15, 0.2) is 5.13 Å². The third-order valence-electron chi connectivity index (χ3n) is 6.09. The van der Waals surface area contributed by atoms with Crippen molar-refractivity contribution in [2.75, 3.05) is 4.72 Å². The van der Waals surface area contributed by atoms with Crippen molar-refractivity contribution in [3.05, 3.63) is 89.2 Å². The van der Waals surface area contributed by atoms with Crippen LogP contribution in [0.5, 0.6) is 11.5 Å². The number of hydrogen-bond acceptors (Lipinski definition) is 6. The van der Waals surface area contributed by atoms with Crippen molar-refractivity contribution in [2.24, 2.45) is 0 Å². The lowest BCUT2D eigenvalue weighted by Gasteiger charge is -2.38. The van der Waals surface area contributed by atoms with Crippen LogP contribution in [0.3, 0.4) is 0 Å². The second kappa shape index (κ2) is 9.83. The highest BCUT2D eigenvalue weighted by molar-refractivity contribution is 7.93. The minimum Gasteiger partial charge on any atom is -0.487 e. The number of hydrogen-bond donors (Lipinski definition) is 1. The number of ether oxygens (including phenoxy) is 2. The van der Waals surface area contributed by atoms with Gasteiger partial charge in [0, 0.05) is 35.2 Å². The van der Waals surface area contributed by atoms with Gasteiger partial charge in [-0.2, -0.15) is 13.2 Å². The van der Waals surface area contributed by atoms with E-state index < -0.39 is 39.3 Å².